The van der Waals surface area contributed by atoms with Crippen LogP contribution in [0.2, 0.25) is 0 Å². The Morgan fingerprint density at radius 2 is 2.16 bits per heavy atom. The normalized spacial score (nSPS) is 17.5. The first kappa shape index (κ1) is 13.7. The lowest BCUT2D eigenvalue weighted by atomic mass is 10.1. The van der Waals surface area contributed by atoms with Crippen molar-refractivity contribution >= 4 is 6.09 Å². The van der Waals surface area contributed by atoms with Crippen molar-refractivity contribution in [2.45, 2.75) is 12.3 Å². The van der Waals surface area contributed by atoms with Crippen LogP contribution in [-0.2, 0) is 10.9 Å². The number of rotatable bonds is 3. The van der Waals surface area contributed by atoms with Gasteiger partial charge in [0.05, 0.1) is 24.8 Å². The molecule has 1 aromatic rings. The predicted molar refractivity (Wildman–Crippen MR) is 59.3 cm³/mol. The van der Waals surface area contributed by atoms with Crippen molar-refractivity contribution < 1.29 is 27.8 Å². The molecule has 1 N–H and O–H groups in total. The largest absolute Gasteiger partial charge is 0.448 e. The molecule has 1 atom stereocenters. The molecule has 7 heteroatoms. The summed E-state index contributed by atoms with van der Waals surface area (Å²) in [4.78, 5) is 12.4. The molecule has 1 aliphatic heterocycles. The van der Waals surface area contributed by atoms with E-state index in [2.05, 4.69) is 4.74 Å². The summed E-state index contributed by atoms with van der Waals surface area (Å²) in [6.07, 6.45) is -6.19. The van der Waals surface area contributed by atoms with Crippen LogP contribution < -0.4 is 0 Å². The number of amides is 1. The molecule has 2 rings (SSSR count). The number of carbonyl (C=O) groups excluding carboxylic acids is 1. The number of ether oxygens (including phenoxy) is 1. The Hall–Kier alpha value is -1.76. The minimum absolute atomic E-state index is 0.0832. The lowest BCUT2D eigenvalue weighted by molar-refractivity contribution is -0.137. The molecule has 19 heavy (non-hydrogen) atoms. The van der Waals surface area contributed by atoms with Gasteiger partial charge in [-0.1, -0.05) is 12.1 Å². The van der Waals surface area contributed by atoms with Crippen molar-refractivity contribution in [3.8, 4) is 0 Å². The lowest BCUT2D eigenvalue weighted by Gasteiger charge is -2.18. The average Bonchev–Trinajstić information content (AvgIpc) is 2.74. The summed E-state index contributed by atoms with van der Waals surface area (Å²) in [5.74, 6) is 0. The SMILES string of the molecule is O=C1OCCN1CC(O)c1cccc(C(F)(F)F)c1. The summed E-state index contributed by atoms with van der Waals surface area (Å²) in [7, 11) is 0. The summed E-state index contributed by atoms with van der Waals surface area (Å²) < 4.78 is 42.3. The Morgan fingerprint density at radius 1 is 1.42 bits per heavy atom. The molecule has 1 aromatic carbocycles. The van der Waals surface area contributed by atoms with Crippen LogP contribution in [0.25, 0.3) is 0 Å². The highest BCUT2D eigenvalue weighted by atomic mass is 19.4. The summed E-state index contributed by atoms with van der Waals surface area (Å²) in [6.45, 7) is 0.475. The van der Waals surface area contributed by atoms with Gasteiger partial charge in [-0.25, -0.2) is 4.79 Å². The Labute approximate surface area is 107 Å². The van der Waals surface area contributed by atoms with Crippen LogP contribution >= 0.6 is 0 Å². The van der Waals surface area contributed by atoms with Crippen molar-refractivity contribution in [1.82, 2.24) is 4.90 Å². The van der Waals surface area contributed by atoms with Crippen LogP contribution in [-0.4, -0.2) is 35.8 Å². The fourth-order valence-corrected chi connectivity index (χ4v) is 1.83. The quantitative estimate of drug-likeness (QED) is 0.920. The molecule has 104 valence electrons. The lowest BCUT2D eigenvalue weighted by Crippen LogP contribution is -2.29. The van der Waals surface area contributed by atoms with Crippen molar-refractivity contribution in [3.05, 3.63) is 35.4 Å². The average molecular weight is 275 g/mol. The standard InChI is InChI=1S/C12H12F3NO3/c13-12(14,15)9-3-1-2-8(6-9)10(17)7-16-4-5-19-11(16)18/h1-3,6,10,17H,4-5,7H2. The van der Waals surface area contributed by atoms with E-state index in [0.29, 0.717) is 6.54 Å². The van der Waals surface area contributed by atoms with Gasteiger partial charge in [0.15, 0.2) is 0 Å². The molecular weight excluding hydrogens is 263 g/mol. The number of nitrogens with zero attached hydrogens (tertiary/aromatic N) is 1. The highest BCUT2D eigenvalue weighted by Crippen LogP contribution is 2.31. The number of benzene rings is 1. The minimum atomic E-state index is -4.46. The molecule has 4 nitrogen and oxygen atoms in total. The number of aliphatic hydroxyl groups is 1. The first-order valence-corrected chi connectivity index (χ1v) is 5.65. The van der Waals surface area contributed by atoms with E-state index < -0.39 is 23.9 Å². The maximum absolute atomic E-state index is 12.5. The molecule has 1 unspecified atom stereocenters. The highest BCUT2D eigenvalue weighted by molar-refractivity contribution is 5.69. The van der Waals surface area contributed by atoms with Gasteiger partial charge in [-0.3, -0.25) is 0 Å². The van der Waals surface area contributed by atoms with Crippen molar-refractivity contribution in [3.63, 3.8) is 0 Å². The summed E-state index contributed by atoms with van der Waals surface area (Å²) in [5, 5.41) is 9.87. The molecular formula is C12H12F3NO3. The summed E-state index contributed by atoms with van der Waals surface area (Å²) in [6, 6.07) is 4.43. The molecule has 0 radical (unpaired) electrons. The van der Waals surface area contributed by atoms with E-state index in [0.717, 1.165) is 12.1 Å². The number of carbonyl (C=O) groups is 1. The topological polar surface area (TPSA) is 49.8 Å². The number of cyclic esters (lactones) is 1. The van der Waals surface area contributed by atoms with Crippen LogP contribution in [0.1, 0.15) is 17.2 Å². The van der Waals surface area contributed by atoms with E-state index in [1.807, 2.05) is 0 Å². The second kappa shape index (κ2) is 5.08. The number of aliphatic hydroxyl groups excluding tert-OH is 1. The Kier molecular flexibility index (Phi) is 3.66. The van der Waals surface area contributed by atoms with E-state index in [1.165, 1.54) is 17.0 Å². The molecule has 0 spiro atoms. The molecule has 1 fully saturated rings. The minimum Gasteiger partial charge on any atom is -0.448 e. The van der Waals surface area contributed by atoms with Crippen molar-refractivity contribution in [2.24, 2.45) is 0 Å². The van der Waals surface area contributed by atoms with E-state index in [-0.39, 0.29) is 18.7 Å². The Morgan fingerprint density at radius 3 is 2.74 bits per heavy atom. The van der Waals surface area contributed by atoms with Gasteiger partial charge < -0.3 is 14.7 Å². The zero-order valence-electron chi connectivity index (χ0n) is 9.85. The Balaban J connectivity index is 2.10. The summed E-state index contributed by atoms with van der Waals surface area (Å²) >= 11 is 0. The van der Waals surface area contributed by atoms with Crippen LogP contribution in [0, 0.1) is 0 Å². The van der Waals surface area contributed by atoms with Gasteiger partial charge in [0.2, 0.25) is 0 Å². The van der Waals surface area contributed by atoms with Gasteiger partial charge in [0, 0.05) is 0 Å². The number of halogens is 3. The zero-order valence-corrected chi connectivity index (χ0v) is 9.85. The van der Waals surface area contributed by atoms with Crippen LogP contribution in [0.3, 0.4) is 0 Å². The smallest absolute Gasteiger partial charge is 0.416 e. The Bertz CT molecular complexity index is 476. The number of alkyl halides is 3. The molecule has 1 aliphatic rings. The molecule has 0 bridgehead atoms. The third kappa shape index (κ3) is 3.17. The summed E-state index contributed by atoms with van der Waals surface area (Å²) in [5.41, 5.74) is -0.706. The van der Waals surface area contributed by atoms with Gasteiger partial charge in [-0.15, -0.1) is 0 Å². The van der Waals surface area contributed by atoms with E-state index in [1.54, 1.807) is 0 Å². The van der Waals surface area contributed by atoms with Gasteiger partial charge in [-0.05, 0) is 17.7 Å². The fraction of sp³-hybridized carbons (Fsp3) is 0.417. The zero-order chi connectivity index (χ0) is 14.0. The second-order valence-electron chi connectivity index (χ2n) is 4.20. The molecule has 0 aromatic heterocycles. The third-order valence-corrected chi connectivity index (χ3v) is 2.84. The molecule has 0 aliphatic carbocycles. The van der Waals surface area contributed by atoms with Crippen LogP contribution in [0.5, 0.6) is 0 Å². The van der Waals surface area contributed by atoms with Crippen molar-refractivity contribution in [1.29, 1.82) is 0 Å². The van der Waals surface area contributed by atoms with Crippen LogP contribution in [0.4, 0.5) is 18.0 Å². The number of hydrogen-bond donors (Lipinski definition) is 1. The molecule has 1 heterocycles. The molecule has 0 saturated carbocycles. The maximum atomic E-state index is 12.5. The monoisotopic (exact) mass is 275 g/mol. The van der Waals surface area contributed by atoms with Crippen molar-refractivity contribution in [2.75, 3.05) is 19.7 Å². The van der Waals surface area contributed by atoms with Gasteiger partial charge in [0.1, 0.15) is 6.61 Å². The van der Waals surface area contributed by atoms with Gasteiger partial charge in [-0.2, -0.15) is 13.2 Å². The van der Waals surface area contributed by atoms with E-state index in [4.69, 9.17) is 0 Å². The third-order valence-electron chi connectivity index (χ3n) is 2.84. The molecule has 1 amide bonds. The fourth-order valence-electron chi connectivity index (χ4n) is 1.83. The first-order chi connectivity index (χ1) is 8.88. The second-order valence-corrected chi connectivity index (χ2v) is 4.20. The van der Waals surface area contributed by atoms with E-state index in [9.17, 15) is 23.1 Å². The number of hydrogen-bond acceptors (Lipinski definition) is 3. The molecule has 1 saturated heterocycles. The van der Waals surface area contributed by atoms with Crippen LogP contribution in [0.15, 0.2) is 24.3 Å². The number of β-amino-alcohol motifs (C(OH)–C–C–N with tert-alkyl or cyclic N) is 1. The van der Waals surface area contributed by atoms with Gasteiger partial charge in [0.25, 0.3) is 0 Å². The van der Waals surface area contributed by atoms with E-state index >= 15 is 0 Å². The predicted octanol–water partition coefficient (Wildman–Crippen LogP) is 2.19. The maximum Gasteiger partial charge on any atom is 0.416 e. The van der Waals surface area contributed by atoms with Gasteiger partial charge >= 0.3 is 12.3 Å². The first-order valence-electron chi connectivity index (χ1n) is 5.65. The highest BCUT2D eigenvalue weighted by Gasteiger charge is 2.31.